The van der Waals surface area contributed by atoms with E-state index >= 15 is 0 Å². The highest BCUT2D eigenvalue weighted by molar-refractivity contribution is 5.98. The van der Waals surface area contributed by atoms with Crippen molar-refractivity contribution in [2.24, 2.45) is 0 Å². The van der Waals surface area contributed by atoms with Crippen LogP contribution in [0.25, 0.3) is 11.3 Å². The number of nitrogens with one attached hydrogen (secondary N) is 2. The molecule has 1 heterocycles. The van der Waals surface area contributed by atoms with Crippen molar-refractivity contribution >= 4 is 11.5 Å². The van der Waals surface area contributed by atoms with E-state index in [0.29, 0.717) is 24.2 Å². The van der Waals surface area contributed by atoms with Gasteiger partial charge in [0.25, 0.3) is 0 Å². The number of carbonyl (C=O) groups excluding carboxylic acids is 1. The zero-order chi connectivity index (χ0) is 19.7. The van der Waals surface area contributed by atoms with Gasteiger partial charge in [-0.25, -0.2) is 0 Å². The summed E-state index contributed by atoms with van der Waals surface area (Å²) in [6.45, 7) is 0.458. The Bertz CT molecular complexity index is 1010. The molecule has 0 saturated heterocycles. The van der Waals surface area contributed by atoms with E-state index in [4.69, 9.17) is 0 Å². The van der Waals surface area contributed by atoms with Crippen molar-refractivity contribution < 1.29 is 18.0 Å². The fourth-order valence-electron chi connectivity index (χ4n) is 3.47. The Kier molecular flexibility index (Phi) is 4.66. The standard InChI is InChI=1S/C21H18F3N3O/c22-21(23,24)16-6-4-13(5-7-16)20-15(12-26-27-20)11-25-17-8-9-18-14(10-17)2-1-3-19(18)28/h4-10,12,25H,1-3,11H2,(H,26,27). The van der Waals surface area contributed by atoms with Crippen molar-refractivity contribution in [1.82, 2.24) is 10.2 Å². The van der Waals surface area contributed by atoms with Crippen molar-refractivity contribution in [2.45, 2.75) is 32.0 Å². The molecule has 0 unspecified atom stereocenters. The van der Waals surface area contributed by atoms with Gasteiger partial charge in [0.2, 0.25) is 0 Å². The van der Waals surface area contributed by atoms with Gasteiger partial charge in [-0.1, -0.05) is 12.1 Å². The average Bonchev–Trinajstić information content (AvgIpc) is 3.14. The Balaban J connectivity index is 1.50. The van der Waals surface area contributed by atoms with Crippen LogP contribution in [0.2, 0.25) is 0 Å². The van der Waals surface area contributed by atoms with Crippen molar-refractivity contribution in [3.05, 3.63) is 70.9 Å². The third-order valence-electron chi connectivity index (χ3n) is 4.96. The van der Waals surface area contributed by atoms with E-state index in [9.17, 15) is 18.0 Å². The number of benzene rings is 2. The lowest BCUT2D eigenvalue weighted by molar-refractivity contribution is -0.137. The lowest BCUT2D eigenvalue weighted by atomic mass is 9.90. The van der Waals surface area contributed by atoms with Crippen molar-refractivity contribution in [2.75, 3.05) is 5.32 Å². The fraction of sp³-hybridized carbons (Fsp3) is 0.238. The maximum atomic E-state index is 12.7. The molecule has 0 atom stereocenters. The highest BCUT2D eigenvalue weighted by Gasteiger charge is 2.30. The predicted molar refractivity (Wildman–Crippen MR) is 100 cm³/mol. The first-order valence-corrected chi connectivity index (χ1v) is 9.02. The second-order valence-electron chi connectivity index (χ2n) is 6.85. The summed E-state index contributed by atoms with van der Waals surface area (Å²) in [5.74, 6) is 0.187. The maximum absolute atomic E-state index is 12.7. The van der Waals surface area contributed by atoms with Gasteiger partial charge in [-0.3, -0.25) is 9.89 Å². The minimum atomic E-state index is -4.36. The molecule has 0 saturated carbocycles. The molecule has 0 bridgehead atoms. The zero-order valence-electron chi connectivity index (χ0n) is 14.9. The molecule has 0 radical (unpaired) electrons. The molecule has 2 N–H and O–H groups in total. The summed E-state index contributed by atoms with van der Waals surface area (Å²) in [6.07, 6.45) is -0.341. The molecule has 2 aromatic carbocycles. The molecule has 1 aliphatic carbocycles. The maximum Gasteiger partial charge on any atom is 0.416 e. The Labute approximate surface area is 159 Å². The van der Waals surface area contributed by atoms with Crippen LogP contribution in [0.15, 0.2) is 48.7 Å². The van der Waals surface area contributed by atoms with Crippen LogP contribution in [0.5, 0.6) is 0 Å². The van der Waals surface area contributed by atoms with Crippen LogP contribution in [0.4, 0.5) is 18.9 Å². The molecule has 7 heteroatoms. The molecule has 3 aromatic rings. The van der Waals surface area contributed by atoms with Crippen LogP contribution in [-0.2, 0) is 19.1 Å². The summed E-state index contributed by atoms with van der Waals surface area (Å²) in [5, 5.41) is 10.2. The van der Waals surface area contributed by atoms with Gasteiger partial charge in [0.05, 0.1) is 17.5 Å². The van der Waals surface area contributed by atoms with Gasteiger partial charge in [0, 0.05) is 29.8 Å². The van der Waals surface area contributed by atoms with Gasteiger partial charge >= 0.3 is 6.18 Å². The van der Waals surface area contributed by atoms with Gasteiger partial charge < -0.3 is 5.32 Å². The van der Waals surface area contributed by atoms with Crippen molar-refractivity contribution in [3.63, 3.8) is 0 Å². The number of anilines is 1. The molecule has 1 aromatic heterocycles. The fourth-order valence-corrected chi connectivity index (χ4v) is 3.47. The van der Waals surface area contributed by atoms with Crippen LogP contribution < -0.4 is 5.32 Å². The number of alkyl halides is 3. The molecule has 4 rings (SSSR count). The Morgan fingerprint density at radius 1 is 1.07 bits per heavy atom. The van der Waals surface area contributed by atoms with E-state index < -0.39 is 11.7 Å². The number of halogens is 3. The highest BCUT2D eigenvalue weighted by atomic mass is 19.4. The second kappa shape index (κ2) is 7.14. The average molecular weight is 385 g/mol. The second-order valence-corrected chi connectivity index (χ2v) is 6.85. The van der Waals surface area contributed by atoms with Gasteiger partial charge in [0.1, 0.15) is 0 Å². The van der Waals surface area contributed by atoms with E-state index in [1.807, 2.05) is 18.2 Å². The molecule has 0 amide bonds. The predicted octanol–water partition coefficient (Wildman–Crippen LogP) is 5.23. The minimum absolute atomic E-state index is 0.187. The van der Waals surface area contributed by atoms with Crippen LogP contribution in [0.1, 0.15) is 39.9 Å². The van der Waals surface area contributed by atoms with E-state index in [1.165, 1.54) is 12.1 Å². The largest absolute Gasteiger partial charge is 0.416 e. The first-order chi connectivity index (χ1) is 13.4. The molecular weight excluding hydrogens is 367 g/mol. The number of Topliss-reactive ketones (excluding diaryl/α,β-unsaturated/α-hetero) is 1. The molecule has 0 aliphatic heterocycles. The molecule has 144 valence electrons. The van der Waals surface area contributed by atoms with Gasteiger partial charge in [-0.15, -0.1) is 0 Å². The number of rotatable bonds is 4. The van der Waals surface area contributed by atoms with Crippen LogP contribution in [0.3, 0.4) is 0 Å². The van der Waals surface area contributed by atoms with Crippen molar-refractivity contribution in [1.29, 1.82) is 0 Å². The highest BCUT2D eigenvalue weighted by Crippen LogP contribution is 2.31. The smallest absolute Gasteiger partial charge is 0.381 e. The molecule has 1 aliphatic rings. The molecule has 0 fully saturated rings. The Morgan fingerprint density at radius 3 is 2.61 bits per heavy atom. The van der Waals surface area contributed by atoms with E-state index in [-0.39, 0.29) is 5.78 Å². The lowest BCUT2D eigenvalue weighted by Gasteiger charge is -2.16. The lowest BCUT2D eigenvalue weighted by Crippen LogP contribution is -2.11. The van der Waals surface area contributed by atoms with Gasteiger partial charge in [0.15, 0.2) is 5.78 Å². The number of hydrogen-bond donors (Lipinski definition) is 2. The minimum Gasteiger partial charge on any atom is -0.381 e. The van der Waals surface area contributed by atoms with Crippen LogP contribution in [0, 0.1) is 0 Å². The normalized spacial score (nSPS) is 14.0. The van der Waals surface area contributed by atoms with E-state index in [1.54, 1.807) is 6.20 Å². The summed E-state index contributed by atoms with van der Waals surface area (Å²) in [5.41, 5.74) is 4.22. The zero-order valence-corrected chi connectivity index (χ0v) is 14.9. The summed E-state index contributed by atoms with van der Waals surface area (Å²) in [4.78, 5) is 11.9. The topological polar surface area (TPSA) is 57.8 Å². The summed E-state index contributed by atoms with van der Waals surface area (Å²) in [6, 6.07) is 10.7. The van der Waals surface area contributed by atoms with Crippen molar-refractivity contribution in [3.8, 4) is 11.3 Å². The quantitative estimate of drug-likeness (QED) is 0.647. The monoisotopic (exact) mass is 385 g/mol. The van der Waals surface area contributed by atoms with E-state index in [2.05, 4.69) is 15.5 Å². The number of hydrogen-bond acceptors (Lipinski definition) is 3. The number of carbonyl (C=O) groups is 1. The third kappa shape index (κ3) is 3.65. The third-order valence-corrected chi connectivity index (χ3v) is 4.96. The summed E-state index contributed by atoms with van der Waals surface area (Å²) >= 11 is 0. The Morgan fingerprint density at radius 2 is 1.86 bits per heavy atom. The molecule has 4 nitrogen and oxygen atoms in total. The Hall–Kier alpha value is -3.09. The number of aryl methyl sites for hydroxylation is 1. The number of ketones is 1. The first-order valence-electron chi connectivity index (χ1n) is 9.02. The van der Waals surface area contributed by atoms with Gasteiger partial charge in [-0.05, 0) is 54.3 Å². The number of aromatic nitrogens is 2. The SMILES string of the molecule is O=C1CCCc2cc(NCc3cn[nH]c3-c3ccc(C(F)(F)F)cc3)ccc21. The van der Waals surface area contributed by atoms with E-state index in [0.717, 1.165) is 47.4 Å². The number of fused-ring (bicyclic) bond motifs is 1. The summed E-state index contributed by atoms with van der Waals surface area (Å²) in [7, 11) is 0. The van der Waals surface area contributed by atoms with Crippen LogP contribution >= 0.6 is 0 Å². The summed E-state index contributed by atoms with van der Waals surface area (Å²) < 4.78 is 38.2. The number of H-pyrrole nitrogens is 1. The molecule has 28 heavy (non-hydrogen) atoms. The van der Waals surface area contributed by atoms with Gasteiger partial charge in [-0.2, -0.15) is 18.3 Å². The molecule has 0 spiro atoms. The number of aromatic amines is 1. The van der Waals surface area contributed by atoms with Crippen LogP contribution in [-0.4, -0.2) is 16.0 Å². The first kappa shape index (κ1) is 18.3. The number of nitrogens with zero attached hydrogens (tertiary/aromatic N) is 1. The molecular formula is C21H18F3N3O.